The average Bonchev–Trinajstić information content (AvgIpc) is 3.11. The number of carbonyl (C=O) groups is 2. The largest absolute Gasteiger partial charge is 0.381 e. The summed E-state index contributed by atoms with van der Waals surface area (Å²) >= 11 is 0. The Labute approximate surface area is 144 Å². The van der Waals surface area contributed by atoms with E-state index in [0.29, 0.717) is 11.9 Å². The molecule has 1 atom stereocenters. The van der Waals surface area contributed by atoms with Gasteiger partial charge < -0.3 is 14.5 Å². The minimum Gasteiger partial charge on any atom is -0.381 e. The third kappa shape index (κ3) is 3.23. The van der Waals surface area contributed by atoms with Gasteiger partial charge in [0.15, 0.2) is 0 Å². The molecule has 2 amide bonds. The predicted molar refractivity (Wildman–Crippen MR) is 90.3 cm³/mol. The summed E-state index contributed by atoms with van der Waals surface area (Å²) in [5.74, 6) is 1.01. The normalized spacial score (nSPS) is 28.5. The minimum absolute atomic E-state index is 0.138. The smallest absolute Gasteiger partial charge is 0.226 e. The fourth-order valence-electron chi connectivity index (χ4n) is 4.41. The summed E-state index contributed by atoms with van der Waals surface area (Å²) in [5.41, 5.74) is 0. The van der Waals surface area contributed by atoms with Gasteiger partial charge in [-0.2, -0.15) is 0 Å². The molecule has 2 saturated heterocycles. The molecule has 0 aromatic heterocycles. The van der Waals surface area contributed by atoms with E-state index in [1.54, 1.807) is 0 Å². The molecule has 3 fully saturated rings. The Morgan fingerprint density at radius 3 is 2.29 bits per heavy atom. The molecular formula is C19H28N2O3. The third-order valence-electron chi connectivity index (χ3n) is 5.99. The molecule has 24 heavy (non-hydrogen) atoms. The summed E-state index contributed by atoms with van der Waals surface area (Å²) in [7, 11) is 0. The first-order valence-corrected chi connectivity index (χ1v) is 9.57. The van der Waals surface area contributed by atoms with Crippen LogP contribution in [0.2, 0.25) is 0 Å². The van der Waals surface area contributed by atoms with Crippen LogP contribution in [0, 0.1) is 11.8 Å². The number of likely N-dealkylation sites (tertiary alicyclic amines) is 1. The van der Waals surface area contributed by atoms with Gasteiger partial charge in [-0.05, 0) is 44.9 Å². The molecule has 4 rings (SSSR count). The van der Waals surface area contributed by atoms with Crippen LogP contribution in [0.15, 0.2) is 12.2 Å². The molecule has 5 nitrogen and oxygen atoms in total. The molecule has 0 aromatic carbocycles. The van der Waals surface area contributed by atoms with Gasteiger partial charge in [0.1, 0.15) is 0 Å². The number of nitrogens with zero attached hydrogens (tertiary/aromatic N) is 2. The van der Waals surface area contributed by atoms with Crippen molar-refractivity contribution in [3.8, 4) is 0 Å². The molecule has 2 heterocycles. The summed E-state index contributed by atoms with van der Waals surface area (Å²) in [6.07, 6.45) is 10.9. The predicted octanol–water partition coefficient (Wildman–Crippen LogP) is 1.97. The van der Waals surface area contributed by atoms with E-state index < -0.39 is 0 Å². The van der Waals surface area contributed by atoms with E-state index >= 15 is 0 Å². The van der Waals surface area contributed by atoms with Gasteiger partial charge in [0.05, 0.1) is 6.04 Å². The highest BCUT2D eigenvalue weighted by molar-refractivity contribution is 5.82. The van der Waals surface area contributed by atoms with Crippen LogP contribution in [-0.2, 0) is 14.3 Å². The second kappa shape index (κ2) is 6.87. The molecule has 2 aliphatic carbocycles. The molecule has 5 heteroatoms. The summed E-state index contributed by atoms with van der Waals surface area (Å²) in [4.78, 5) is 29.7. The lowest BCUT2D eigenvalue weighted by Crippen LogP contribution is -2.51. The minimum atomic E-state index is 0.138. The molecule has 0 aromatic rings. The van der Waals surface area contributed by atoms with Gasteiger partial charge in [-0.3, -0.25) is 9.59 Å². The van der Waals surface area contributed by atoms with Crippen LogP contribution in [-0.4, -0.2) is 60.0 Å². The summed E-state index contributed by atoms with van der Waals surface area (Å²) in [5, 5.41) is 0. The van der Waals surface area contributed by atoms with E-state index in [-0.39, 0.29) is 23.8 Å². The van der Waals surface area contributed by atoms with Gasteiger partial charge in [-0.25, -0.2) is 0 Å². The number of rotatable bonds is 4. The number of hydrogen-bond donors (Lipinski definition) is 0. The van der Waals surface area contributed by atoms with Gasteiger partial charge in [0.2, 0.25) is 11.8 Å². The monoisotopic (exact) mass is 332 g/mol. The maximum absolute atomic E-state index is 12.9. The fourth-order valence-corrected chi connectivity index (χ4v) is 4.41. The molecule has 132 valence electrons. The van der Waals surface area contributed by atoms with E-state index in [1.165, 1.54) is 0 Å². The molecule has 0 bridgehead atoms. The van der Waals surface area contributed by atoms with Crippen molar-refractivity contribution in [2.45, 2.75) is 57.0 Å². The zero-order chi connectivity index (χ0) is 16.5. The summed E-state index contributed by atoms with van der Waals surface area (Å²) in [6.45, 7) is 3.03. The maximum Gasteiger partial charge on any atom is 0.226 e. The number of carbonyl (C=O) groups excluding carboxylic acids is 2. The van der Waals surface area contributed by atoms with Crippen LogP contribution in [0.1, 0.15) is 44.9 Å². The highest BCUT2D eigenvalue weighted by Crippen LogP contribution is 2.35. The van der Waals surface area contributed by atoms with Crippen molar-refractivity contribution in [3.05, 3.63) is 12.2 Å². The zero-order valence-electron chi connectivity index (χ0n) is 14.4. The standard InChI is InChI=1S/C19H28N2O3/c22-18(14-3-1-2-4-14)20-10-7-17(13-20)21(19(23)15-5-6-15)16-8-11-24-12-9-16/h1-2,14-17H,3-13H2. The maximum atomic E-state index is 12.9. The first kappa shape index (κ1) is 16.1. The van der Waals surface area contributed by atoms with Crippen molar-refractivity contribution in [3.63, 3.8) is 0 Å². The van der Waals surface area contributed by atoms with Crippen molar-refractivity contribution >= 4 is 11.8 Å². The Bertz CT molecular complexity index is 515. The van der Waals surface area contributed by atoms with Gasteiger partial charge >= 0.3 is 0 Å². The Kier molecular flexibility index (Phi) is 4.61. The molecular weight excluding hydrogens is 304 g/mol. The Balaban J connectivity index is 1.43. The van der Waals surface area contributed by atoms with E-state index in [2.05, 4.69) is 17.1 Å². The summed E-state index contributed by atoms with van der Waals surface area (Å²) < 4.78 is 5.49. The first-order chi connectivity index (χ1) is 11.7. The van der Waals surface area contributed by atoms with E-state index in [1.807, 2.05) is 4.90 Å². The second-order valence-electron chi connectivity index (χ2n) is 7.73. The molecule has 4 aliphatic rings. The van der Waals surface area contributed by atoms with Gasteiger partial charge in [-0.15, -0.1) is 0 Å². The third-order valence-corrected chi connectivity index (χ3v) is 5.99. The van der Waals surface area contributed by atoms with Crippen LogP contribution >= 0.6 is 0 Å². The van der Waals surface area contributed by atoms with Crippen molar-refractivity contribution in [1.82, 2.24) is 9.80 Å². The number of ether oxygens (including phenoxy) is 1. The highest BCUT2D eigenvalue weighted by atomic mass is 16.5. The quantitative estimate of drug-likeness (QED) is 0.740. The van der Waals surface area contributed by atoms with E-state index in [0.717, 1.165) is 71.2 Å². The van der Waals surface area contributed by atoms with Crippen molar-refractivity contribution < 1.29 is 14.3 Å². The van der Waals surface area contributed by atoms with Gasteiger partial charge in [0.25, 0.3) is 0 Å². The van der Waals surface area contributed by atoms with Gasteiger partial charge in [-0.1, -0.05) is 12.2 Å². The summed E-state index contributed by atoms with van der Waals surface area (Å²) in [6, 6.07) is 0.513. The lowest BCUT2D eigenvalue weighted by atomic mass is 10.0. The average molecular weight is 332 g/mol. The lowest BCUT2D eigenvalue weighted by molar-refractivity contribution is -0.141. The van der Waals surface area contributed by atoms with Crippen LogP contribution in [0.3, 0.4) is 0 Å². The van der Waals surface area contributed by atoms with Crippen LogP contribution in [0.4, 0.5) is 0 Å². The highest BCUT2D eigenvalue weighted by Gasteiger charge is 2.43. The molecule has 1 unspecified atom stereocenters. The zero-order valence-corrected chi connectivity index (χ0v) is 14.4. The number of hydrogen-bond acceptors (Lipinski definition) is 3. The van der Waals surface area contributed by atoms with E-state index in [4.69, 9.17) is 4.74 Å². The number of allylic oxidation sites excluding steroid dienone is 2. The van der Waals surface area contributed by atoms with Crippen LogP contribution < -0.4 is 0 Å². The Morgan fingerprint density at radius 1 is 0.917 bits per heavy atom. The molecule has 0 radical (unpaired) electrons. The Morgan fingerprint density at radius 2 is 1.62 bits per heavy atom. The van der Waals surface area contributed by atoms with Crippen molar-refractivity contribution in [2.75, 3.05) is 26.3 Å². The molecule has 1 saturated carbocycles. The topological polar surface area (TPSA) is 49.9 Å². The lowest BCUT2D eigenvalue weighted by Gasteiger charge is -2.38. The fraction of sp³-hybridized carbons (Fsp3) is 0.789. The molecule has 2 aliphatic heterocycles. The van der Waals surface area contributed by atoms with Crippen molar-refractivity contribution in [2.24, 2.45) is 11.8 Å². The van der Waals surface area contributed by atoms with Crippen LogP contribution in [0.5, 0.6) is 0 Å². The van der Waals surface area contributed by atoms with Crippen molar-refractivity contribution in [1.29, 1.82) is 0 Å². The SMILES string of the molecule is O=C(C1CC=CC1)N1CCC(N(C(=O)C2CC2)C2CCOCC2)C1. The van der Waals surface area contributed by atoms with Gasteiger partial charge in [0, 0.05) is 44.2 Å². The molecule has 0 N–H and O–H groups in total. The molecule has 0 spiro atoms. The second-order valence-corrected chi connectivity index (χ2v) is 7.73. The first-order valence-electron chi connectivity index (χ1n) is 9.57. The van der Waals surface area contributed by atoms with E-state index in [9.17, 15) is 9.59 Å². The Hall–Kier alpha value is -1.36. The van der Waals surface area contributed by atoms with Crippen LogP contribution in [0.25, 0.3) is 0 Å². The number of amides is 2.